The van der Waals surface area contributed by atoms with E-state index in [9.17, 15) is 4.79 Å². The summed E-state index contributed by atoms with van der Waals surface area (Å²) >= 11 is 0. The Balaban J connectivity index is 3.63. The first kappa shape index (κ1) is 13.4. The molecular weight excluding hydrogens is 182 g/mol. The zero-order valence-electron chi connectivity index (χ0n) is 8.83. The monoisotopic (exact) mass is 203 g/mol. The SMILES string of the molecule is CCNC(=O)CCN(CCN)CCO. The van der Waals surface area contributed by atoms with E-state index < -0.39 is 0 Å². The van der Waals surface area contributed by atoms with Gasteiger partial charge in [-0.2, -0.15) is 0 Å². The number of nitrogens with zero attached hydrogens (tertiary/aromatic N) is 1. The number of aliphatic hydroxyl groups is 1. The summed E-state index contributed by atoms with van der Waals surface area (Å²) in [5, 5.41) is 11.5. The van der Waals surface area contributed by atoms with Gasteiger partial charge in [0.05, 0.1) is 6.61 Å². The smallest absolute Gasteiger partial charge is 0.221 e. The van der Waals surface area contributed by atoms with Gasteiger partial charge in [-0.05, 0) is 6.92 Å². The number of hydrogen-bond donors (Lipinski definition) is 3. The molecule has 0 atom stereocenters. The molecule has 0 aliphatic heterocycles. The highest BCUT2D eigenvalue weighted by Gasteiger charge is 2.05. The molecule has 0 aromatic carbocycles. The van der Waals surface area contributed by atoms with Gasteiger partial charge in [-0.1, -0.05) is 0 Å². The predicted molar refractivity (Wildman–Crippen MR) is 55.9 cm³/mol. The molecule has 0 aromatic heterocycles. The lowest BCUT2D eigenvalue weighted by atomic mass is 10.3. The lowest BCUT2D eigenvalue weighted by molar-refractivity contribution is -0.121. The van der Waals surface area contributed by atoms with E-state index >= 15 is 0 Å². The van der Waals surface area contributed by atoms with Crippen LogP contribution in [0.25, 0.3) is 0 Å². The Morgan fingerprint density at radius 1 is 1.43 bits per heavy atom. The van der Waals surface area contributed by atoms with Crippen molar-refractivity contribution < 1.29 is 9.90 Å². The lowest BCUT2D eigenvalue weighted by Gasteiger charge is -2.19. The summed E-state index contributed by atoms with van der Waals surface area (Å²) in [6, 6.07) is 0. The molecule has 5 heteroatoms. The second-order valence-electron chi connectivity index (χ2n) is 3.06. The summed E-state index contributed by atoms with van der Waals surface area (Å²) < 4.78 is 0. The van der Waals surface area contributed by atoms with Crippen molar-refractivity contribution in [3.8, 4) is 0 Å². The number of aliphatic hydroxyl groups excluding tert-OH is 1. The minimum atomic E-state index is 0.0486. The lowest BCUT2D eigenvalue weighted by Crippen LogP contribution is -2.35. The summed E-state index contributed by atoms with van der Waals surface area (Å²) in [5.74, 6) is 0.0486. The maximum absolute atomic E-state index is 11.1. The van der Waals surface area contributed by atoms with E-state index in [0.29, 0.717) is 32.6 Å². The molecule has 0 heterocycles. The molecule has 0 saturated carbocycles. The number of hydrogen-bond acceptors (Lipinski definition) is 4. The molecule has 1 amide bonds. The zero-order chi connectivity index (χ0) is 10.8. The molecule has 14 heavy (non-hydrogen) atoms. The van der Waals surface area contributed by atoms with Crippen molar-refractivity contribution in [2.45, 2.75) is 13.3 Å². The summed E-state index contributed by atoms with van der Waals surface area (Å²) in [4.78, 5) is 13.1. The Morgan fingerprint density at radius 2 is 2.14 bits per heavy atom. The van der Waals surface area contributed by atoms with E-state index in [1.54, 1.807) is 0 Å². The first-order chi connectivity index (χ1) is 6.74. The molecule has 4 N–H and O–H groups in total. The largest absolute Gasteiger partial charge is 0.395 e. The number of rotatable bonds is 8. The van der Waals surface area contributed by atoms with E-state index in [1.165, 1.54) is 0 Å². The number of nitrogens with one attached hydrogen (secondary N) is 1. The number of amides is 1. The zero-order valence-corrected chi connectivity index (χ0v) is 8.83. The quantitative estimate of drug-likeness (QED) is 0.461. The highest BCUT2D eigenvalue weighted by atomic mass is 16.3. The van der Waals surface area contributed by atoms with Crippen LogP contribution in [-0.2, 0) is 4.79 Å². The van der Waals surface area contributed by atoms with Crippen molar-refractivity contribution in [1.29, 1.82) is 0 Å². The minimum Gasteiger partial charge on any atom is -0.395 e. The third-order valence-electron chi connectivity index (χ3n) is 1.89. The van der Waals surface area contributed by atoms with Crippen LogP contribution in [0.15, 0.2) is 0 Å². The molecular formula is C9H21N3O2. The number of carbonyl (C=O) groups excluding carboxylic acids is 1. The second-order valence-corrected chi connectivity index (χ2v) is 3.06. The molecule has 0 fully saturated rings. The van der Waals surface area contributed by atoms with Gasteiger partial charge >= 0.3 is 0 Å². The molecule has 0 radical (unpaired) electrons. The number of nitrogens with two attached hydrogens (primary N) is 1. The summed E-state index contributed by atoms with van der Waals surface area (Å²) in [6.07, 6.45) is 0.466. The maximum atomic E-state index is 11.1. The van der Waals surface area contributed by atoms with Crippen molar-refractivity contribution in [1.82, 2.24) is 10.2 Å². The molecule has 0 unspecified atom stereocenters. The third kappa shape index (κ3) is 6.82. The van der Waals surface area contributed by atoms with Crippen molar-refractivity contribution in [2.75, 3.05) is 39.3 Å². The summed E-state index contributed by atoms with van der Waals surface area (Å²) in [7, 11) is 0. The van der Waals surface area contributed by atoms with Gasteiger partial charge in [-0.25, -0.2) is 0 Å². The van der Waals surface area contributed by atoms with Gasteiger partial charge in [0, 0.05) is 39.1 Å². The second kappa shape index (κ2) is 8.93. The van der Waals surface area contributed by atoms with Gasteiger partial charge in [0.15, 0.2) is 0 Å². The molecule has 84 valence electrons. The average Bonchev–Trinajstić information content (AvgIpc) is 2.15. The van der Waals surface area contributed by atoms with Crippen molar-refractivity contribution in [2.24, 2.45) is 5.73 Å². The first-order valence-corrected chi connectivity index (χ1v) is 5.04. The summed E-state index contributed by atoms with van der Waals surface area (Å²) in [6.45, 7) is 5.17. The molecule has 0 saturated heterocycles. The van der Waals surface area contributed by atoms with Gasteiger partial charge in [-0.3, -0.25) is 9.69 Å². The van der Waals surface area contributed by atoms with Crippen LogP contribution < -0.4 is 11.1 Å². The van der Waals surface area contributed by atoms with Gasteiger partial charge in [0.2, 0.25) is 5.91 Å². The van der Waals surface area contributed by atoms with Crippen molar-refractivity contribution in [3.05, 3.63) is 0 Å². The van der Waals surface area contributed by atoms with Crippen LogP contribution in [0.5, 0.6) is 0 Å². The van der Waals surface area contributed by atoms with Crippen LogP contribution >= 0.6 is 0 Å². The topological polar surface area (TPSA) is 78.6 Å². The van der Waals surface area contributed by atoms with Gasteiger partial charge in [0.1, 0.15) is 0 Å². The van der Waals surface area contributed by atoms with Crippen LogP contribution in [-0.4, -0.2) is 55.2 Å². The Kier molecular flexibility index (Phi) is 8.51. The van der Waals surface area contributed by atoms with Crippen LogP contribution in [0.1, 0.15) is 13.3 Å². The Labute approximate surface area is 85.3 Å². The molecule has 5 nitrogen and oxygen atoms in total. The third-order valence-corrected chi connectivity index (χ3v) is 1.89. The molecule has 0 aliphatic carbocycles. The van der Waals surface area contributed by atoms with Crippen molar-refractivity contribution >= 4 is 5.91 Å². The molecule has 0 rings (SSSR count). The van der Waals surface area contributed by atoms with E-state index in [1.807, 2.05) is 11.8 Å². The molecule has 0 bridgehead atoms. The van der Waals surface area contributed by atoms with Crippen LogP contribution in [0.3, 0.4) is 0 Å². The molecule has 0 aliphatic rings. The molecule has 0 aromatic rings. The van der Waals surface area contributed by atoms with Crippen LogP contribution in [0, 0.1) is 0 Å². The minimum absolute atomic E-state index is 0.0486. The standard InChI is InChI=1S/C9H21N3O2/c1-2-11-9(14)3-5-12(6-4-10)7-8-13/h13H,2-8,10H2,1H3,(H,11,14). The normalized spacial score (nSPS) is 10.6. The summed E-state index contributed by atoms with van der Waals surface area (Å²) in [5.41, 5.74) is 5.40. The first-order valence-electron chi connectivity index (χ1n) is 5.04. The van der Waals surface area contributed by atoms with E-state index in [4.69, 9.17) is 10.8 Å². The van der Waals surface area contributed by atoms with E-state index in [0.717, 1.165) is 6.54 Å². The van der Waals surface area contributed by atoms with Crippen molar-refractivity contribution in [3.63, 3.8) is 0 Å². The maximum Gasteiger partial charge on any atom is 0.221 e. The van der Waals surface area contributed by atoms with E-state index in [2.05, 4.69) is 5.32 Å². The Morgan fingerprint density at radius 3 is 2.64 bits per heavy atom. The van der Waals surface area contributed by atoms with Gasteiger partial charge in [0.25, 0.3) is 0 Å². The fourth-order valence-corrected chi connectivity index (χ4v) is 1.20. The fraction of sp³-hybridized carbons (Fsp3) is 0.889. The Hall–Kier alpha value is -0.650. The van der Waals surface area contributed by atoms with Crippen LogP contribution in [0.4, 0.5) is 0 Å². The van der Waals surface area contributed by atoms with Gasteiger partial charge < -0.3 is 16.2 Å². The molecule has 0 spiro atoms. The highest BCUT2D eigenvalue weighted by Crippen LogP contribution is 1.90. The van der Waals surface area contributed by atoms with E-state index in [-0.39, 0.29) is 12.5 Å². The predicted octanol–water partition coefficient (Wildman–Crippen LogP) is -1.23. The fourth-order valence-electron chi connectivity index (χ4n) is 1.20. The highest BCUT2D eigenvalue weighted by molar-refractivity contribution is 5.75. The average molecular weight is 203 g/mol. The van der Waals surface area contributed by atoms with Crippen LogP contribution in [0.2, 0.25) is 0 Å². The Bertz CT molecular complexity index is 147. The van der Waals surface area contributed by atoms with Gasteiger partial charge in [-0.15, -0.1) is 0 Å². The number of carbonyl (C=O) groups is 1.